The minimum Gasteiger partial charge on any atom is -0.314 e. The molecule has 1 aromatic rings. The minimum absolute atomic E-state index is 0.0548. The zero-order chi connectivity index (χ0) is 12.1. The molecule has 2 rings (SSSR count). The molecule has 1 aliphatic heterocycles. The SMILES string of the molecule is O=C(CCC1CCCCN1)Nc1ncc(Br)s1. The summed E-state index contributed by atoms with van der Waals surface area (Å²) in [6.07, 6.45) is 6.90. The topological polar surface area (TPSA) is 54.0 Å². The average Bonchev–Trinajstić information content (AvgIpc) is 2.73. The van der Waals surface area contributed by atoms with Crippen LogP contribution in [-0.2, 0) is 4.79 Å². The van der Waals surface area contributed by atoms with Gasteiger partial charge in [-0.15, -0.1) is 0 Å². The van der Waals surface area contributed by atoms with Crippen LogP contribution in [0.5, 0.6) is 0 Å². The fourth-order valence-electron chi connectivity index (χ4n) is 1.97. The van der Waals surface area contributed by atoms with E-state index in [2.05, 4.69) is 31.5 Å². The fourth-order valence-corrected chi connectivity index (χ4v) is 3.09. The highest BCUT2D eigenvalue weighted by atomic mass is 79.9. The first-order valence-electron chi connectivity index (χ1n) is 5.88. The number of carbonyl (C=O) groups excluding carboxylic acids is 1. The number of anilines is 1. The van der Waals surface area contributed by atoms with Crippen LogP contribution in [0.15, 0.2) is 9.98 Å². The maximum absolute atomic E-state index is 11.7. The van der Waals surface area contributed by atoms with Gasteiger partial charge >= 0.3 is 0 Å². The summed E-state index contributed by atoms with van der Waals surface area (Å²) in [5.74, 6) is 0.0548. The van der Waals surface area contributed by atoms with Crippen LogP contribution in [0.4, 0.5) is 5.13 Å². The van der Waals surface area contributed by atoms with Crippen molar-refractivity contribution in [3.63, 3.8) is 0 Å². The van der Waals surface area contributed by atoms with Gasteiger partial charge in [0.25, 0.3) is 0 Å². The highest BCUT2D eigenvalue weighted by molar-refractivity contribution is 9.11. The molecule has 1 aromatic heterocycles. The van der Waals surface area contributed by atoms with Crippen molar-refractivity contribution in [3.8, 4) is 0 Å². The van der Waals surface area contributed by atoms with Crippen molar-refractivity contribution in [1.29, 1.82) is 0 Å². The van der Waals surface area contributed by atoms with Gasteiger partial charge in [-0.3, -0.25) is 4.79 Å². The Bertz CT molecular complexity index is 377. The van der Waals surface area contributed by atoms with Crippen molar-refractivity contribution in [3.05, 3.63) is 9.98 Å². The zero-order valence-electron chi connectivity index (χ0n) is 9.54. The number of nitrogens with zero attached hydrogens (tertiary/aromatic N) is 1. The lowest BCUT2D eigenvalue weighted by atomic mass is 10.0. The molecular formula is C11H16BrN3OS. The van der Waals surface area contributed by atoms with Crippen LogP contribution in [0.1, 0.15) is 32.1 Å². The smallest absolute Gasteiger partial charge is 0.226 e. The maximum Gasteiger partial charge on any atom is 0.226 e. The van der Waals surface area contributed by atoms with E-state index in [1.807, 2.05) is 0 Å². The summed E-state index contributed by atoms with van der Waals surface area (Å²) in [6, 6.07) is 0.512. The predicted molar refractivity (Wildman–Crippen MR) is 73.3 cm³/mol. The molecule has 2 N–H and O–H groups in total. The van der Waals surface area contributed by atoms with Crippen LogP contribution >= 0.6 is 27.3 Å². The Balaban J connectivity index is 1.70. The van der Waals surface area contributed by atoms with Crippen LogP contribution in [0.3, 0.4) is 0 Å². The highest BCUT2D eigenvalue weighted by Crippen LogP contribution is 2.23. The Morgan fingerprint density at radius 2 is 2.53 bits per heavy atom. The number of rotatable bonds is 4. The van der Waals surface area contributed by atoms with E-state index in [4.69, 9.17) is 0 Å². The zero-order valence-corrected chi connectivity index (χ0v) is 11.9. The number of thiazole rings is 1. The van der Waals surface area contributed by atoms with E-state index in [1.54, 1.807) is 6.20 Å². The van der Waals surface area contributed by atoms with Crippen molar-refractivity contribution >= 4 is 38.3 Å². The molecule has 1 atom stereocenters. The number of hydrogen-bond acceptors (Lipinski definition) is 4. The first-order chi connectivity index (χ1) is 8.24. The summed E-state index contributed by atoms with van der Waals surface area (Å²) < 4.78 is 0.932. The molecule has 94 valence electrons. The molecule has 1 amide bonds. The van der Waals surface area contributed by atoms with Crippen molar-refractivity contribution in [2.24, 2.45) is 0 Å². The summed E-state index contributed by atoms with van der Waals surface area (Å²) in [6.45, 7) is 1.09. The molecule has 1 unspecified atom stereocenters. The van der Waals surface area contributed by atoms with Crippen molar-refractivity contribution in [2.45, 2.75) is 38.1 Å². The summed E-state index contributed by atoms with van der Waals surface area (Å²) in [4.78, 5) is 15.8. The Morgan fingerprint density at radius 1 is 1.65 bits per heavy atom. The van der Waals surface area contributed by atoms with Gasteiger partial charge in [-0.25, -0.2) is 4.98 Å². The Kier molecular flexibility index (Phi) is 4.94. The molecule has 1 saturated heterocycles. The highest BCUT2D eigenvalue weighted by Gasteiger charge is 2.14. The molecule has 0 aliphatic carbocycles. The molecule has 6 heteroatoms. The molecule has 0 radical (unpaired) electrons. The third-order valence-corrected chi connectivity index (χ3v) is 4.25. The standard InChI is InChI=1S/C11H16BrN3OS/c12-9-7-14-11(17-9)15-10(16)5-4-8-3-1-2-6-13-8/h7-8,13H,1-6H2,(H,14,15,16). The number of halogens is 1. The molecule has 17 heavy (non-hydrogen) atoms. The Hall–Kier alpha value is -0.460. The number of aromatic nitrogens is 1. The first kappa shape index (κ1) is 13.0. The van der Waals surface area contributed by atoms with Gasteiger partial charge in [-0.05, 0) is 41.7 Å². The van der Waals surface area contributed by atoms with Crippen LogP contribution in [0.25, 0.3) is 0 Å². The van der Waals surface area contributed by atoms with E-state index in [1.165, 1.54) is 30.6 Å². The van der Waals surface area contributed by atoms with Crippen LogP contribution < -0.4 is 10.6 Å². The number of amides is 1. The third kappa shape index (κ3) is 4.37. The lowest BCUT2D eigenvalue weighted by Gasteiger charge is -2.22. The van der Waals surface area contributed by atoms with Crippen LogP contribution in [0, 0.1) is 0 Å². The summed E-state index contributed by atoms with van der Waals surface area (Å²) in [5, 5.41) is 6.92. The van der Waals surface area contributed by atoms with Gasteiger partial charge in [0.15, 0.2) is 5.13 Å². The van der Waals surface area contributed by atoms with E-state index < -0.39 is 0 Å². The molecule has 4 nitrogen and oxygen atoms in total. The lowest BCUT2D eigenvalue weighted by molar-refractivity contribution is -0.116. The number of nitrogens with one attached hydrogen (secondary N) is 2. The monoisotopic (exact) mass is 317 g/mol. The number of piperidine rings is 1. The third-order valence-electron chi connectivity index (χ3n) is 2.86. The second kappa shape index (κ2) is 6.47. The maximum atomic E-state index is 11.7. The van der Waals surface area contributed by atoms with E-state index in [9.17, 15) is 4.79 Å². The molecule has 0 spiro atoms. The van der Waals surface area contributed by atoms with Gasteiger partial charge in [0.2, 0.25) is 5.91 Å². The number of hydrogen-bond donors (Lipinski definition) is 2. The molecule has 0 saturated carbocycles. The van der Waals surface area contributed by atoms with E-state index in [-0.39, 0.29) is 5.91 Å². The van der Waals surface area contributed by atoms with Gasteiger partial charge in [-0.2, -0.15) is 0 Å². The molecule has 0 aromatic carbocycles. The minimum atomic E-state index is 0.0548. The molecular weight excluding hydrogens is 302 g/mol. The van der Waals surface area contributed by atoms with Crippen LogP contribution in [-0.4, -0.2) is 23.5 Å². The first-order valence-corrected chi connectivity index (χ1v) is 7.49. The molecule has 2 heterocycles. The predicted octanol–water partition coefficient (Wildman–Crippen LogP) is 2.77. The van der Waals surface area contributed by atoms with Gasteiger partial charge in [-0.1, -0.05) is 17.8 Å². The van der Waals surface area contributed by atoms with Gasteiger partial charge in [0, 0.05) is 12.5 Å². The van der Waals surface area contributed by atoms with Gasteiger partial charge in [0.1, 0.15) is 0 Å². The second-order valence-electron chi connectivity index (χ2n) is 4.20. The molecule has 1 fully saturated rings. The molecule has 0 bridgehead atoms. The number of carbonyl (C=O) groups is 1. The van der Waals surface area contributed by atoms with Crippen molar-refractivity contribution in [1.82, 2.24) is 10.3 Å². The lowest BCUT2D eigenvalue weighted by Crippen LogP contribution is -2.34. The summed E-state index contributed by atoms with van der Waals surface area (Å²) >= 11 is 4.75. The van der Waals surface area contributed by atoms with E-state index >= 15 is 0 Å². The van der Waals surface area contributed by atoms with Gasteiger partial charge in [0.05, 0.1) is 9.98 Å². The van der Waals surface area contributed by atoms with Crippen molar-refractivity contribution in [2.75, 3.05) is 11.9 Å². The second-order valence-corrected chi connectivity index (χ2v) is 6.61. The Morgan fingerprint density at radius 3 is 3.18 bits per heavy atom. The van der Waals surface area contributed by atoms with Crippen molar-refractivity contribution < 1.29 is 4.79 Å². The van der Waals surface area contributed by atoms with Gasteiger partial charge < -0.3 is 10.6 Å². The van der Waals surface area contributed by atoms with E-state index in [0.29, 0.717) is 17.6 Å². The largest absolute Gasteiger partial charge is 0.314 e. The fraction of sp³-hybridized carbons (Fsp3) is 0.636. The average molecular weight is 318 g/mol. The Labute approximate surface area is 113 Å². The normalized spacial score (nSPS) is 20.2. The summed E-state index contributed by atoms with van der Waals surface area (Å²) in [5.41, 5.74) is 0. The summed E-state index contributed by atoms with van der Waals surface area (Å²) in [7, 11) is 0. The van der Waals surface area contributed by atoms with E-state index in [0.717, 1.165) is 16.8 Å². The quantitative estimate of drug-likeness (QED) is 0.897. The van der Waals surface area contributed by atoms with Crippen LogP contribution in [0.2, 0.25) is 0 Å². The molecule has 1 aliphatic rings.